The zero-order valence-corrected chi connectivity index (χ0v) is 13.6. The van der Waals surface area contributed by atoms with Crippen LogP contribution in [0.5, 0.6) is 0 Å². The van der Waals surface area contributed by atoms with E-state index in [4.69, 9.17) is 5.26 Å². The van der Waals surface area contributed by atoms with Gasteiger partial charge in [-0.05, 0) is 66.1 Å². The molecule has 0 aliphatic carbocycles. The highest BCUT2D eigenvalue weighted by atomic mass is 15.1. The van der Waals surface area contributed by atoms with Crippen LogP contribution in [0.4, 0.5) is 0 Å². The van der Waals surface area contributed by atoms with E-state index in [0.29, 0.717) is 6.04 Å². The first kappa shape index (κ1) is 18.4. The summed E-state index contributed by atoms with van der Waals surface area (Å²) in [4.78, 5) is 2.60. The maximum absolute atomic E-state index is 9.11. The minimum atomic E-state index is -0.357. The summed E-state index contributed by atoms with van der Waals surface area (Å²) >= 11 is 0. The summed E-state index contributed by atoms with van der Waals surface area (Å²) in [5, 5.41) is 12.2. The minimum Gasteiger partial charge on any atom is -0.303 e. The monoisotopic (exact) mass is 267 g/mol. The second kappa shape index (κ2) is 10.2. The van der Waals surface area contributed by atoms with Crippen molar-refractivity contribution in [1.82, 2.24) is 10.2 Å². The summed E-state index contributed by atoms with van der Waals surface area (Å²) in [6.07, 6.45) is 7.01. The van der Waals surface area contributed by atoms with Gasteiger partial charge in [-0.1, -0.05) is 20.3 Å². The van der Waals surface area contributed by atoms with Gasteiger partial charge in [0.05, 0.1) is 6.07 Å². The second-order valence-electron chi connectivity index (χ2n) is 5.80. The smallest absolute Gasteiger partial charge is 0.103 e. The molecule has 0 aromatic carbocycles. The van der Waals surface area contributed by atoms with Gasteiger partial charge in [0.25, 0.3) is 0 Å². The lowest BCUT2D eigenvalue weighted by Gasteiger charge is -2.29. The molecule has 0 heterocycles. The molecule has 0 bridgehead atoms. The first-order valence-corrected chi connectivity index (χ1v) is 7.87. The van der Waals surface area contributed by atoms with E-state index in [9.17, 15) is 0 Å². The standard InChI is InChI=1S/C16H33N3/c1-6-8-12-19(15(3)7-2)13-10-9-11-16(4,14-17)18-5/h15,18H,6-13H2,1-5H3. The number of nitrogens with zero attached hydrogens (tertiary/aromatic N) is 2. The minimum absolute atomic E-state index is 0.357. The third-order valence-corrected chi connectivity index (χ3v) is 4.18. The Morgan fingerprint density at radius 3 is 2.32 bits per heavy atom. The Hall–Kier alpha value is -0.590. The van der Waals surface area contributed by atoms with Crippen LogP contribution in [0.2, 0.25) is 0 Å². The van der Waals surface area contributed by atoms with Gasteiger partial charge in [0.1, 0.15) is 5.54 Å². The van der Waals surface area contributed by atoms with Gasteiger partial charge >= 0.3 is 0 Å². The van der Waals surface area contributed by atoms with Crippen molar-refractivity contribution in [3.63, 3.8) is 0 Å². The van der Waals surface area contributed by atoms with Crippen LogP contribution >= 0.6 is 0 Å². The molecule has 0 saturated heterocycles. The number of rotatable bonds is 11. The average molecular weight is 267 g/mol. The molecule has 112 valence electrons. The van der Waals surface area contributed by atoms with Gasteiger partial charge in [-0.15, -0.1) is 0 Å². The van der Waals surface area contributed by atoms with E-state index in [1.165, 1.54) is 38.8 Å². The predicted octanol–water partition coefficient (Wildman–Crippen LogP) is 3.56. The zero-order valence-electron chi connectivity index (χ0n) is 13.6. The normalized spacial score (nSPS) is 16.1. The van der Waals surface area contributed by atoms with Crippen molar-refractivity contribution in [2.24, 2.45) is 0 Å². The largest absolute Gasteiger partial charge is 0.303 e. The van der Waals surface area contributed by atoms with Gasteiger partial charge in [0.2, 0.25) is 0 Å². The molecule has 0 aromatic rings. The van der Waals surface area contributed by atoms with Crippen LogP contribution in [0.1, 0.15) is 66.2 Å². The van der Waals surface area contributed by atoms with Crippen LogP contribution in [-0.2, 0) is 0 Å². The van der Waals surface area contributed by atoms with Crippen molar-refractivity contribution in [3.8, 4) is 6.07 Å². The molecule has 2 atom stereocenters. The fraction of sp³-hybridized carbons (Fsp3) is 0.938. The Labute approximate surface area is 120 Å². The van der Waals surface area contributed by atoms with E-state index in [-0.39, 0.29) is 5.54 Å². The first-order chi connectivity index (χ1) is 9.02. The van der Waals surface area contributed by atoms with Crippen LogP contribution in [0.25, 0.3) is 0 Å². The van der Waals surface area contributed by atoms with E-state index in [1.54, 1.807) is 0 Å². The SMILES string of the molecule is CCCCN(CCCCC(C)(C#N)NC)C(C)CC. The highest BCUT2D eigenvalue weighted by molar-refractivity contribution is 5.02. The van der Waals surface area contributed by atoms with Crippen molar-refractivity contribution in [3.05, 3.63) is 0 Å². The number of unbranched alkanes of at least 4 members (excludes halogenated alkanes) is 2. The Morgan fingerprint density at radius 2 is 1.84 bits per heavy atom. The lowest BCUT2D eigenvalue weighted by molar-refractivity contribution is 0.195. The van der Waals surface area contributed by atoms with Crippen LogP contribution in [0.15, 0.2) is 0 Å². The Balaban J connectivity index is 4.02. The molecule has 0 rings (SSSR count). The molecule has 0 saturated carbocycles. The molecular formula is C16H33N3. The molecule has 0 aliphatic heterocycles. The third kappa shape index (κ3) is 7.54. The fourth-order valence-electron chi connectivity index (χ4n) is 2.20. The molecule has 0 fully saturated rings. The Bertz CT molecular complexity index is 259. The summed E-state index contributed by atoms with van der Waals surface area (Å²) in [5.74, 6) is 0. The lowest BCUT2D eigenvalue weighted by atomic mass is 9.97. The predicted molar refractivity (Wildman–Crippen MR) is 83.2 cm³/mol. The average Bonchev–Trinajstić information content (AvgIpc) is 2.45. The summed E-state index contributed by atoms with van der Waals surface area (Å²) in [5.41, 5.74) is -0.357. The highest BCUT2D eigenvalue weighted by Crippen LogP contribution is 2.14. The van der Waals surface area contributed by atoms with Crippen molar-refractivity contribution in [2.75, 3.05) is 20.1 Å². The fourth-order valence-corrected chi connectivity index (χ4v) is 2.20. The molecule has 0 aliphatic rings. The van der Waals surface area contributed by atoms with Gasteiger partial charge in [-0.25, -0.2) is 0 Å². The second-order valence-corrected chi connectivity index (χ2v) is 5.80. The van der Waals surface area contributed by atoms with Gasteiger partial charge < -0.3 is 10.2 Å². The van der Waals surface area contributed by atoms with E-state index in [2.05, 4.69) is 37.1 Å². The van der Waals surface area contributed by atoms with Gasteiger partial charge in [-0.2, -0.15) is 5.26 Å². The maximum atomic E-state index is 9.11. The van der Waals surface area contributed by atoms with E-state index < -0.39 is 0 Å². The van der Waals surface area contributed by atoms with Gasteiger partial charge in [0.15, 0.2) is 0 Å². The zero-order chi connectivity index (χ0) is 14.7. The molecule has 3 heteroatoms. The molecule has 1 N–H and O–H groups in total. The Morgan fingerprint density at radius 1 is 1.21 bits per heavy atom. The maximum Gasteiger partial charge on any atom is 0.103 e. The van der Waals surface area contributed by atoms with Crippen molar-refractivity contribution in [1.29, 1.82) is 5.26 Å². The number of nitriles is 1. The van der Waals surface area contributed by atoms with Gasteiger partial charge in [0, 0.05) is 6.04 Å². The summed E-state index contributed by atoms with van der Waals surface area (Å²) < 4.78 is 0. The summed E-state index contributed by atoms with van der Waals surface area (Å²) in [6, 6.07) is 3.04. The number of hydrogen-bond acceptors (Lipinski definition) is 3. The van der Waals surface area contributed by atoms with Crippen molar-refractivity contribution >= 4 is 0 Å². The third-order valence-electron chi connectivity index (χ3n) is 4.18. The van der Waals surface area contributed by atoms with Crippen LogP contribution in [0, 0.1) is 11.3 Å². The highest BCUT2D eigenvalue weighted by Gasteiger charge is 2.20. The molecule has 0 aromatic heterocycles. The molecular weight excluding hydrogens is 234 g/mol. The molecule has 2 unspecified atom stereocenters. The number of nitrogens with one attached hydrogen (secondary N) is 1. The Kier molecular flexibility index (Phi) is 9.91. The van der Waals surface area contributed by atoms with Crippen molar-refractivity contribution < 1.29 is 0 Å². The molecule has 0 radical (unpaired) electrons. The number of hydrogen-bond donors (Lipinski definition) is 1. The molecule has 0 spiro atoms. The quantitative estimate of drug-likeness (QED) is 0.582. The summed E-state index contributed by atoms with van der Waals surface area (Å²) in [7, 11) is 1.87. The van der Waals surface area contributed by atoms with E-state index >= 15 is 0 Å². The lowest BCUT2D eigenvalue weighted by Crippen LogP contribution is -2.38. The first-order valence-electron chi connectivity index (χ1n) is 7.87. The van der Waals surface area contributed by atoms with Crippen LogP contribution in [-0.4, -0.2) is 36.6 Å². The van der Waals surface area contributed by atoms with E-state index in [1.807, 2.05) is 14.0 Å². The van der Waals surface area contributed by atoms with Crippen LogP contribution < -0.4 is 5.32 Å². The van der Waals surface area contributed by atoms with Crippen molar-refractivity contribution in [2.45, 2.75) is 77.8 Å². The van der Waals surface area contributed by atoms with Crippen LogP contribution in [0.3, 0.4) is 0 Å². The topological polar surface area (TPSA) is 39.1 Å². The molecule has 3 nitrogen and oxygen atoms in total. The van der Waals surface area contributed by atoms with E-state index in [0.717, 1.165) is 12.8 Å². The molecule has 0 amide bonds. The molecule has 19 heavy (non-hydrogen) atoms. The van der Waals surface area contributed by atoms with Gasteiger partial charge in [-0.3, -0.25) is 0 Å². The summed E-state index contributed by atoms with van der Waals surface area (Å²) in [6.45, 7) is 11.2.